The summed E-state index contributed by atoms with van der Waals surface area (Å²) in [4.78, 5) is 0. The summed E-state index contributed by atoms with van der Waals surface area (Å²) in [5.41, 5.74) is 0.843. The molecule has 0 bridgehead atoms. The summed E-state index contributed by atoms with van der Waals surface area (Å²) in [6.45, 7) is 4.08. The number of aromatic nitrogens is 2. The summed E-state index contributed by atoms with van der Waals surface area (Å²) in [5.74, 6) is 0.574. The zero-order chi connectivity index (χ0) is 11.4. The van der Waals surface area contributed by atoms with E-state index in [2.05, 4.69) is 21.0 Å². The zero-order valence-corrected chi connectivity index (χ0v) is 11.3. The molecule has 0 radical (unpaired) electrons. The summed E-state index contributed by atoms with van der Waals surface area (Å²) in [6, 6.07) is 0.247. The third-order valence-electron chi connectivity index (χ3n) is 2.20. The summed E-state index contributed by atoms with van der Waals surface area (Å²) >= 11 is 9.01. The van der Waals surface area contributed by atoms with Gasteiger partial charge in [-0.3, -0.25) is 4.68 Å². The lowest BCUT2D eigenvalue weighted by Gasteiger charge is -2.16. The maximum Gasteiger partial charge on any atom is 0.0968 e. The van der Waals surface area contributed by atoms with E-state index in [1.165, 1.54) is 0 Å². The second-order valence-corrected chi connectivity index (χ2v) is 5.00. The number of halogens is 2. The molecule has 3 nitrogen and oxygen atoms in total. The predicted octanol–water partition coefficient (Wildman–Crippen LogP) is 3.28. The van der Waals surface area contributed by atoms with Gasteiger partial charge in [0.2, 0.25) is 0 Å². The minimum atomic E-state index is -0.497. The first-order chi connectivity index (χ1) is 7.07. The van der Waals surface area contributed by atoms with Crippen molar-refractivity contribution in [3.8, 4) is 0 Å². The molecule has 0 saturated heterocycles. The van der Waals surface area contributed by atoms with E-state index in [0.717, 1.165) is 16.6 Å². The van der Waals surface area contributed by atoms with Crippen molar-refractivity contribution < 1.29 is 5.11 Å². The number of alkyl halides is 1. The second-order valence-electron chi connectivity index (χ2n) is 3.76. The largest absolute Gasteiger partial charge is 0.387 e. The molecule has 1 heterocycles. The Kier molecular flexibility index (Phi) is 5.09. The van der Waals surface area contributed by atoms with E-state index in [4.69, 9.17) is 11.6 Å². The minimum Gasteiger partial charge on any atom is -0.387 e. The monoisotopic (exact) mass is 294 g/mol. The van der Waals surface area contributed by atoms with Crippen LogP contribution >= 0.6 is 27.5 Å². The molecule has 1 aromatic heterocycles. The Bertz CT molecular complexity index is 314. The maximum absolute atomic E-state index is 10.0. The highest BCUT2D eigenvalue weighted by Crippen LogP contribution is 2.28. The van der Waals surface area contributed by atoms with E-state index < -0.39 is 6.10 Å². The number of aliphatic hydroxyl groups is 1. The minimum absolute atomic E-state index is 0.247. The van der Waals surface area contributed by atoms with E-state index in [9.17, 15) is 5.11 Å². The van der Waals surface area contributed by atoms with Gasteiger partial charge >= 0.3 is 0 Å². The predicted molar refractivity (Wildman–Crippen MR) is 65.2 cm³/mol. The van der Waals surface area contributed by atoms with Crippen molar-refractivity contribution in [3.05, 3.63) is 16.4 Å². The van der Waals surface area contributed by atoms with Crippen molar-refractivity contribution in [2.75, 3.05) is 5.88 Å². The normalized spacial score (nSPS) is 13.5. The number of hydrogen-bond donors (Lipinski definition) is 1. The van der Waals surface area contributed by atoms with E-state index in [1.807, 2.05) is 18.5 Å². The zero-order valence-electron chi connectivity index (χ0n) is 8.95. The molecule has 15 heavy (non-hydrogen) atoms. The molecule has 0 aromatic carbocycles. The highest BCUT2D eigenvalue weighted by atomic mass is 79.9. The molecule has 0 aliphatic carbocycles. The molecule has 1 N–H and O–H groups in total. The first-order valence-electron chi connectivity index (χ1n) is 5.04. The summed E-state index contributed by atoms with van der Waals surface area (Å²) in [5, 5.41) is 14.2. The quantitative estimate of drug-likeness (QED) is 0.847. The van der Waals surface area contributed by atoms with Crippen molar-refractivity contribution >= 4 is 27.5 Å². The average Bonchev–Trinajstić information content (AvgIpc) is 2.56. The van der Waals surface area contributed by atoms with Crippen LogP contribution in [0, 0.1) is 0 Å². The number of aliphatic hydroxyl groups excluding tert-OH is 1. The molecular formula is C10H16BrClN2O. The topological polar surface area (TPSA) is 38.0 Å². The highest BCUT2D eigenvalue weighted by Gasteiger charge is 2.18. The SMILES string of the molecule is CC(C)n1ncc(Br)c1C(O)CCCCl. The van der Waals surface area contributed by atoms with Gasteiger partial charge in [0.1, 0.15) is 0 Å². The van der Waals surface area contributed by atoms with Crippen molar-refractivity contribution in [2.45, 2.75) is 38.8 Å². The molecule has 0 aliphatic rings. The number of hydrogen-bond acceptors (Lipinski definition) is 2. The molecule has 0 amide bonds. The van der Waals surface area contributed by atoms with Crippen molar-refractivity contribution in [1.82, 2.24) is 9.78 Å². The lowest BCUT2D eigenvalue weighted by atomic mass is 10.1. The molecule has 0 fully saturated rings. The van der Waals surface area contributed by atoms with Gasteiger partial charge in [0, 0.05) is 11.9 Å². The Morgan fingerprint density at radius 2 is 2.27 bits per heavy atom. The molecule has 1 aromatic rings. The van der Waals surface area contributed by atoms with E-state index in [0.29, 0.717) is 12.3 Å². The van der Waals surface area contributed by atoms with Gasteiger partial charge in [-0.15, -0.1) is 11.6 Å². The van der Waals surface area contributed by atoms with Crippen LogP contribution in [0.3, 0.4) is 0 Å². The van der Waals surface area contributed by atoms with Crippen molar-refractivity contribution in [2.24, 2.45) is 0 Å². The van der Waals surface area contributed by atoms with Crippen LogP contribution < -0.4 is 0 Å². The van der Waals surface area contributed by atoms with Crippen LogP contribution in [0.15, 0.2) is 10.7 Å². The van der Waals surface area contributed by atoms with E-state index in [1.54, 1.807) is 6.20 Å². The van der Waals surface area contributed by atoms with Crippen LogP contribution in [0.1, 0.15) is 44.5 Å². The standard InChI is InChI=1S/C10H16BrClN2O/c1-7(2)14-10(8(11)6-13-14)9(15)4-3-5-12/h6-7,9,15H,3-5H2,1-2H3. The number of nitrogens with zero attached hydrogens (tertiary/aromatic N) is 2. The second kappa shape index (κ2) is 5.87. The molecule has 0 saturated carbocycles. The van der Waals surface area contributed by atoms with Crippen LogP contribution in [-0.4, -0.2) is 20.8 Å². The van der Waals surface area contributed by atoms with Crippen LogP contribution in [0.5, 0.6) is 0 Å². The van der Waals surface area contributed by atoms with Gasteiger partial charge in [0.25, 0.3) is 0 Å². The Labute approximate surface area is 104 Å². The number of rotatable bonds is 5. The Morgan fingerprint density at radius 1 is 1.60 bits per heavy atom. The van der Waals surface area contributed by atoms with Gasteiger partial charge < -0.3 is 5.11 Å². The lowest BCUT2D eigenvalue weighted by molar-refractivity contribution is 0.153. The first kappa shape index (κ1) is 13.0. The van der Waals surface area contributed by atoms with Crippen LogP contribution in [0.4, 0.5) is 0 Å². The van der Waals surface area contributed by atoms with Gasteiger partial charge in [0.05, 0.1) is 22.5 Å². The van der Waals surface area contributed by atoms with Gasteiger partial charge in [-0.1, -0.05) is 0 Å². The molecule has 0 aliphatic heterocycles. The third-order valence-corrected chi connectivity index (χ3v) is 3.08. The van der Waals surface area contributed by atoms with Crippen molar-refractivity contribution in [3.63, 3.8) is 0 Å². The molecule has 1 atom stereocenters. The van der Waals surface area contributed by atoms with Gasteiger partial charge in [-0.2, -0.15) is 5.10 Å². The molecule has 1 unspecified atom stereocenters. The Morgan fingerprint density at radius 3 is 2.80 bits per heavy atom. The van der Waals surface area contributed by atoms with Crippen LogP contribution in [0.25, 0.3) is 0 Å². The fourth-order valence-electron chi connectivity index (χ4n) is 1.48. The smallest absolute Gasteiger partial charge is 0.0968 e. The lowest BCUT2D eigenvalue weighted by Crippen LogP contribution is -2.12. The molecule has 1 rings (SSSR count). The summed E-state index contributed by atoms with van der Waals surface area (Å²) in [7, 11) is 0. The van der Waals surface area contributed by atoms with Gasteiger partial charge in [-0.25, -0.2) is 0 Å². The van der Waals surface area contributed by atoms with Crippen molar-refractivity contribution in [1.29, 1.82) is 0 Å². The summed E-state index contributed by atoms with van der Waals surface area (Å²) in [6.07, 6.45) is 2.70. The molecular weight excluding hydrogens is 279 g/mol. The van der Waals surface area contributed by atoms with Gasteiger partial charge in [-0.05, 0) is 42.6 Å². The molecule has 86 valence electrons. The van der Waals surface area contributed by atoms with Gasteiger partial charge in [0.15, 0.2) is 0 Å². The molecule has 0 spiro atoms. The highest BCUT2D eigenvalue weighted by molar-refractivity contribution is 9.10. The van der Waals surface area contributed by atoms with E-state index in [-0.39, 0.29) is 6.04 Å². The summed E-state index contributed by atoms with van der Waals surface area (Å²) < 4.78 is 2.70. The average molecular weight is 296 g/mol. The Balaban J connectivity index is 2.85. The van der Waals surface area contributed by atoms with E-state index >= 15 is 0 Å². The van der Waals surface area contributed by atoms with Crippen LogP contribution in [0.2, 0.25) is 0 Å². The Hall–Kier alpha value is -0.0600. The third kappa shape index (κ3) is 3.20. The molecule has 5 heteroatoms. The maximum atomic E-state index is 10.0. The fraction of sp³-hybridized carbons (Fsp3) is 0.700. The van der Waals surface area contributed by atoms with Crippen LogP contribution in [-0.2, 0) is 0 Å². The first-order valence-corrected chi connectivity index (χ1v) is 6.37. The fourth-order valence-corrected chi connectivity index (χ4v) is 2.17.